The second-order valence-electron chi connectivity index (χ2n) is 7.56. The normalized spacial score (nSPS) is 31.4. The SMILES string of the molecule is O=C(Cn1ncnn1)N1CC2C3CCC(C2C1)N(Cc1ccsc1)C3. The monoisotopic (exact) mass is 358 g/mol. The molecule has 0 N–H and O–H groups in total. The van der Waals surface area contributed by atoms with Gasteiger partial charge in [0.25, 0.3) is 0 Å². The number of hydrogen-bond acceptors (Lipinski definition) is 6. The number of carbonyl (C=O) groups is 1. The first kappa shape index (κ1) is 15.5. The Morgan fingerprint density at radius 3 is 2.96 bits per heavy atom. The summed E-state index contributed by atoms with van der Waals surface area (Å²) in [5.41, 5.74) is 1.43. The van der Waals surface area contributed by atoms with E-state index in [9.17, 15) is 4.79 Å². The molecular formula is C17H22N6OS. The number of thiophene rings is 1. The zero-order valence-corrected chi connectivity index (χ0v) is 14.9. The number of amides is 1. The van der Waals surface area contributed by atoms with Gasteiger partial charge in [0, 0.05) is 32.2 Å². The standard InChI is InChI=1S/C17H22N6OS/c24-17(9-23-19-11-18-20-23)22-7-14-13-1-2-16(15(14)8-22)21(6-13)5-12-3-4-25-10-12/h3-4,10-11,13-16H,1-2,5-9H2. The lowest BCUT2D eigenvalue weighted by Gasteiger charge is -2.52. The van der Waals surface area contributed by atoms with Gasteiger partial charge in [0.2, 0.25) is 5.91 Å². The van der Waals surface area contributed by atoms with Gasteiger partial charge in [-0.25, -0.2) is 0 Å². The summed E-state index contributed by atoms with van der Waals surface area (Å²) >= 11 is 1.77. The fourth-order valence-corrected chi connectivity index (χ4v) is 5.83. The van der Waals surface area contributed by atoms with Crippen molar-refractivity contribution in [1.29, 1.82) is 0 Å². The van der Waals surface area contributed by atoms with E-state index in [-0.39, 0.29) is 12.5 Å². The van der Waals surface area contributed by atoms with E-state index in [0.717, 1.165) is 25.6 Å². The molecule has 1 amide bonds. The molecule has 4 atom stereocenters. The fourth-order valence-electron chi connectivity index (χ4n) is 5.17. The molecule has 2 bridgehead atoms. The van der Waals surface area contributed by atoms with Crippen molar-refractivity contribution in [3.05, 3.63) is 28.7 Å². The molecule has 4 unspecified atom stereocenters. The Bertz CT molecular complexity index is 732. The lowest BCUT2D eigenvalue weighted by atomic mass is 9.66. The van der Waals surface area contributed by atoms with E-state index >= 15 is 0 Å². The predicted octanol–water partition coefficient (Wildman–Crippen LogP) is 1.10. The van der Waals surface area contributed by atoms with E-state index in [1.165, 1.54) is 36.1 Å². The van der Waals surface area contributed by atoms with Crippen LogP contribution in [-0.2, 0) is 17.9 Å². The Kier molecular flexibility index (Phi) is 3.82. The van der Waals surface area contributed by atoms with Crippen molar-refractivity contribution in [3.8, 4) is 0 Å². The highest BCUT2D eigenvalue weighted by Crippen LogP contribution is 2.47. The number of nitrogens with zero attached hydrogens (tertiary/aromatic N) is 6. The molecule has 5 heterocycles. The minimum absolute atomic E-state index is 0.121. The van der Waals surface area contributed by atoms with Crippen LogP contribution >= 0.6 is 11.3 Å². The molecule has 1 saturated carbocycles. The van der Waals surface area contributed by atoms with Crippen LogP contribution in [0.2, 0.25) is 0 Å². The molecule has 3 aliphatic heterocycles. The molecule has 3 saturated heterocycles. The molecule has 0 radical (unpaired) electrons. The summed E-state index contributed by atoms with van der Waals surface area (Å²) in [5.74, 6) is 2.15. The van der Waals surface area contributed by atoms with E-state index in [4.69, 9.17) is 0 Å². The first-order valence-electron chi connectivity index (χ1n) is 9.01. The van der Waals surface area contributed by atoms with E-state index in [1.807, 2.05) is 4.90 Å². The van der Waals surface area contributed by atoms with Gasteiger partial charge in [0.05, 0.1) is 0 Å². The van der Waals surface area contributed by atoms with Crippen LogP contribution in [0.15, 0.2) is 23.2 Å². The van der Waals surface area contributed by atoms with Crippen LogP contribution < -0.4 is 0 Å². The zero-order chi connectivity index (χ0) is 16.8. The molecule has 8 heteroatoms. The molecular weight excluding hydrogens is 336 g/mol. The molecule has 4 aliphatic rings. The van der Waals surface area contributed by atoms with Crippen LogP contribution in [0.3, 0.4) is 0 Å². The first-order valence-corrected chi connectivity index (χ1v) is 9.96. The van der Waals surface area contributed by atoms with Crippen molar-refractivity contribution in [2.45, 2.75) is 32.0 Å². The quantitative estimate of drug-likeness (QED) is 0.819. The molecule has 0 aromatic carbocycles. The van der Waals surface area contributed by atoms with Gasteiger partial charge in [-0.3, -0.25) is 9.69 Å². The van der Waals surface area contributed by atoms with Gasteiger partial charge >= 0.3 is 0 Å². The molecule has 7 nitrogen and oxygen atoms in total. The summed E-state index contributed by atoms with van der Waals surface area (Å²) in [6, 6.07) is 2.86. The number of tetrazole rings is 1. The summed E-state index contributed by atoms with van der Waals surface area (Å²) in [5, 5.41) is 15.9. The van der Waals surface area contributed by atoms with Crippen molar-refractivity contribution in [3.63, 3.8) is 0 Å². The van der Waals surface area contributed by atoms with Gasteiger partial charge in [0.1, 0.15) is 6.54 Å². The third kappa shape index (κ3) is 2.77. The van der Waals surface area contributed by atoms with Crippen molar-refractivity contribution in [1.82, 2.24) is 30.0 Å². The lowest BCUT2D eigenvalue weighted by Crippen LogP contribution is -2.56. The Labute approximate surface area is 150 Å². The largest absolute Gasteiger partial charge is 0.340 e. The molecule has 0 spiro atoms. The second kappa shape index (κ2) is 6.17. The predicted molar refractivity (Wildman–Crippen MR) is 92.6 cm³/mol. The second-order valence-corrected chi connectivity index (χ2v) is 8.34. The first-order chi connectivity index (χ1) is 12.3. The fraction of sp³-hybridized carbons (Fsp3) is 0.647. The molecule has 4 fully saturated rings. The maximum Gasteiger partial charge on any atom is 0.246 e. The number of fused-ring (bicyclic) bond motifs is 2. The Hall–Kier alpha value is -1.80. The van der Waals surface area contributed by atoms with Crippen LogP contribution in [0.4, 0.5) is 0 Å². The number of rotatable bonds is 4. The third-order valence-electron chi connectivity index (χ3n) is 6.27. The number of piperidine rings is 2. The van der Waals surface area contributed by atoms with Gasteiger partial charge < -0.3 is 4.90 Å². The average molecular weight is 358 g/mol. The van der Waals surface area contributed by atoms with E-state index in [0.29, 0.717) is 17.9 Å². The minimum atomic E-state index is 0.121. The highest BCUT2D eigenvalue weighted by atomic mass is 32.1. The molecule has 2 aromatic heterocycles. The topological polar surface area (TPSA) is 67.2 Å². The van der Waals surface area contributed by atoms with Gasteiger partial charge in [-0.1, -0.05) is 0 Å². The van der Waals surface area contributed by atoms with Gasteiger partial charge in [-0.15, -0.1) is 10.2 Å². The lowest BCUT2D eigenvalue weighted by molar-refractivity contribution is -0.131. The van der Waals surface area contributed by atoms with Crippen LogP contribution in [0, 0.1) is 17.8 Å². The number of hydrogen-bond donors (Lipinski definition) is 0. The van der Waals surface area contributed by atoms with E-state index in [2.05, 4.69) is 37.1 Å². The smallest absolute Gasteiger partial charge is 0.246 e. The van der Waals surface area contributed by atoms with Gasteiger partial charge in [0.15, 0.2) is 6.33 Å². The Balaban J connectivity index is 1.28. The highest BCUT2D eigenvalue weighted by Gasteiger charge is 2.52. The van der Waals surface area contributed by atoms with Gasteiger partial charge in [-0.05, 0) is 58.2 Å². The molecule has 1 aliphatic carbocycles. The van der Waals surface area contributed by atoms with Crippen LogP contribution in [-0.4, -0.2) is 61.6 Å². The molecule has 25 heavy (non-hydrogen) atoms. The van der Waals surface area contributed by atoms with Crippen LogP contribution in [0.5, 0.6) is 0 Å². The van der Waals surface area contributed by atoms with Crippen molar-refractivity contribution >= 4 is 17.2 Å². The number of aromatic nitrogens is 4. The number of likely N-dealkylation sites (tertiary alicyclic amines) is 1. The maximum absolute atomic E-state index is 12.6. The highest BCUT2D eigenvalue weighted by molar-refractivity contribution is 7.07. The van der Waals surface area contributed by atoms with E-state index < -0.39 is 0 Å². The molecule has 6 rings (SSSR count). The number of carbonyl (C=O) groups excluding carboxylic acids is 1. The van der Waals surface area contributed by atoms with Crippen molar-refractivity contribution < 1.29 is 4.79 Å². The summed E-state index contributed by atoms with van der Waals surface area (Å²) in [7, 11) is 0. The van der Waals surface area contributed by atoms with E-state index in [1.54, 1.807) is 11.3 Å². The van der Waals surface area contributed by atoms with Gasteiger partial charge in [-0.2, -0.15) is 16.1 Å². The third-order valence-corrected chi connectivity index (χ3v) is 7.00. The maximum atomic E-state index is 12.6. The van der Waals surface area contributed by atoms with Crippen molar-refractivity contribution in [2.24, 2.45) is 17.8 Å². The summed E-state index contributed by atoms with van der Waals surface area (Å²) in [6.07, 6.45) is 3.97. The minimum Gasteiger partial charge on any atom is -0.340 e. The Morgan fingerprint density at radius 2 is 2.16 bits per heavy atom. The Morgan fingerprint density at radius 1 is 1.24 bits per heavy atom. The van der Waals surface area contributed by atoms with Crippen molar-refractivity contribution in [2.75, 3.05) is 19.6 Å². The summed E-state index contributed by atoms with van der Waals surface area (Å²) in [4.78, 5) is 18.7. The van der Waals surface area contributed by atoms with Crippen LogP contribution in [0.1, 0.15) is 18.4 Å². The van der Waals surface area contributed by atoms with Crippen LogP contribution in [0.25, 0.3) is 0 Å². The summed E-state index contributed by atoms with van der Waals surface area (Å²) in [6.45, 7) is 4.25. The zero-order valence-electron chi connectivity index (χ0n) is 14.1. The average Bonchev–Trinajstić information content (AvgIpc) is 3.37. The molecule has 2 aromatic rings. The molecule has 132 valence electrons. The summed E-state index contributed by atoms with van der Waals surface area (Å²) < 4.78 is 0.